The molecule has 0 amide bonds. The van der Waals surface area contributed by atoms with Crippen molar-refractivity contribution in [3.63, 3.8) is 0 Å². The fourth-order valence-electron chi connectivity index (χ4n) is 1.80. The summed E-state index contributed by atoms with van der Waals surface area (Å²) in [6, 6.07) is 6.86. The highest BCUT2D eigenvalue weighted by Gasteiger charge is 2.05. The number of nitro groups is 1. The molecule has 1 rings (SSSR count). The van der Waals surface area contributed by atoms with Crippen molar-refractivity contribution in [1.29, 1.82) is 0 Å². The second-order valence-electron chi connectivity index (χ2n) is 5.32. The number of hydrogen-bond acceptors (Lipinski definition) is 4. The Morgan fingerprint density at radius 1 is 1.39 bits per heavy atom. The zero-order valence-electron chi connectivity index (χ0n) is 14.0. The van der Waals surface area contributed by atoms with Crippen LogP contribution >= 0.6 is 11.8 Å². The Bertz CT molecular complexity index is 505. The number of nitrogens with zero attached hydrogens (tertiary/aromatic N) is 2. The van der Waals surface area contributed by atoms with Gasteiger partial charge in [0, 0.05) is 24.7 Å². The normalized spacial score (nSPS) is 12.7. The van der Waals surface area contributed by atoms with Crippen LogP contribution in [0.2, 0.25) is 0 Å². The number of thioether (sulfide) groups is 1. The lowest BCUT2D eigenvalue weighted by Crippen LogP contribution is -2.42. The Labute approximate surface area is 142 Å². The maximum atomic E-state index is 10.7. The smallest absolute Gasteiger partial charge is 0.269 e. The van der Waals surface area contributed by atoms with Gasteiger partial charge in [-0.05, 0) is 37.3 Å². The van der Waals surface area contributed by atoms with Crippen LogP contribution in [0.5, 0.6) is 0 Å². The summed E-state index contributed by atoms with van der Waals surface area (Å²) in [5.74, 6) is 1.91. The molecule has 0 saturated carbocycles. The van der Waals surface area contributed by atoms with Crippen LogP contribution in [0.4, 0.5) is 5.69 Å². The molecule has 0 heterocycles. The monoisotopic (exact) mass is 338 g/mol. The van der Waals surface area contributed by atoms with E-state index in [2.05, 4.69) is 35.7 Å². The average molecular weight is 338 g/mol. The van der Waals surface area contributed by atoms with Gasteiger partial charge in [-0.3, -0.25) is 10.1 Å². The van der Waals surface area contributed by atoms with Crippen LogP contribution in [0, 0.1) is 10.1 Å². The molecular formula is C16H26N4O2S. The Kier molecular flexibility index (Phi) is 9.12. The third-order valence-electron chi connectivity index (χ3n) is 3.38. The lowest BCUT2D eigenvalue weighted by molar-refractivity contribution is -0.384. The SMILES string of the molecule is CCC(C)NC(=NCc1ccc([N+](=O)[O-])cc1)NCCCSC. The Morgan fingerprint density at radius 2 is 2.09 bits per heavy atom. The minimum Gasteiger partial charge on any atom is -0.356 e. The third-order valence-corrected chi connectivity index (χ3v) is 4.08. The van der Waals surface area contributed by atoms with Crippen molar-refractivity contribution in [3.05, 3.63) is 39.9 Å². The fourth-order valence-corrected chi connectivity index (χ4v) is 2.24. The van der Waals surface area contributed by atoms with E-state index in [9.17, 15) is 10.1 Å². The zero-order chi connectivity index (χ0) is 17.1. The maximum absolute atomic E-state index is 10.7. The predicted octanol–water partition coefficient (Wildman–Crippen LogP) is 3.18. The van der Waals surface area contributed by atoms with E-state index in [4.69, 9.17) is 0 Å². The van der Waals surface area contributed by atoms with Gasteiger partial charge in [0.05, 0.1) is 11.5 Å². The summed E-state index contributed by atoms with van der Waals surface area (Å²) in [6.07, 6.45) is 4.20. The minimum atomic E-state index is -0.393. The van der Waals surface area contributed by atoms with Crippen molar-refractivity contribution in [3.8, 4) is 0 Å². The summed E-state index contributed by atoms with van der Waals surface area (Å²) in [5, 5.41) is 17.4. The van der Waals surface area contributed by atoms with E-state index in [1.165, 1.54) is 12.1 Å². The lowest BCUT2D eigenvalue weighted by atomic mass is 10.2. The van der Waals surface area contributed by atoms with Crippen molar-refractivity contribution in [2.75, 3.05) is 18.6 Å². The summed E-state index contributed by atoms with van der Waals surface area (Å²) in [5.41, 5.74) is 1.05. The Morgan fingerprint density at radius 3 is 2.65 bits per heavy atom. The topological polar surface area (TPSA) is 79.6 Å². The average Bonchev–Trinajstić information content (AvgIpc) is 2.56. The maximum Gasteiger partial charge on any atom is 0.269 e. The molecule has 1 unspecified atom stereocenters. The largest absolute Gasteiger partial charge is 0.356 e. The summed E-state index contributed by atoms with van der Waals surface area (Å²) in [7, 11) is 0. The van der Waals surface area contributed by atoms with Gasteiger partial charge in [0.1, 0.15) is 0 Å². The molecule has 1 atom stereocenters. The third kappa shape index (κ3) is 7.88. The first-order valence-corrected chi connectivity index (χ1v) is 9.23. The first kappa shape index (κ1) is 19.3. The molecule has 6 nitrogen and oxygen atoms in total. The van der Waals surface area contributed by atoms with E-state index in [0.717, 1.165) is 36.7 Å². The standard InChI is InChI=1S/C16H26N4O2S/c1-4-13(2)19-16(17-10-5-11-23-3)18-12-14-6-8-15(9-7-14)20(21)22/h6-9,13H,4-5,10-12H2,1-3H3,(H2,17,18,19). The molecule has 0 spiro atoms. The molecule has 1 aromatic rings. The quantitative estimate of drug-likeness (QED) is 0.238. The molecule has 7 heteroatoms. The highest BCUT2D eigenvalue weighted by Crippen LogP contribution is 2.12. The molecule has 128 valence electrons. The molecule has 0 saturated heterocycles. The summed E-state index contributed by atoms with van der Waals surface area (Å²) in [6.45, 7) is 5.61. The second-order valence-corrected chi connectivity index (χ2v) is 6.30. The van der Waals surface area contributed by atoms with Gasteiger partial charge in [0.15, 0.2) is 5.96 Å². The number of rotatable bonds is 9. The molecular weight excluding hydrogens is 312 g/mol. The van der Waals surface area contributed by atoms with Crippen LogP contribution < -0.4 is 10.6 Å². The van der Waals surface area contributed by atoms with Crippen LogP contribution in [0.25, 0.3) is 0 Å². The van der Waals surface area contributed by atoms with Crippen molar-refractivity contribution in [2.24, 2.45) is 4.99 Å². The summed E-state index contributed by atoms with van der Waals surface area (Å²) >= 11 is 1.83. The number of nitro benzene ring substituents is 1. The van der Waals surface area contributed by atoms with Gasteiger partial charge in [-0.15, -0.1) is 0 Å². The van der Waals surface area contributed by atoms with Crippen LogP contribution in [-0.2, 0) is 6.54 Å². The van der Waals surface area contributed by atoms with Crippen LogP contribution in [0.3, 0.4) is 0 Å². The highest BCUT2D eigenvalue weighted by atomic mass is 32.2. The van der Waals surface area contributed by atoms with Gasteiger partial charge in [-0.25, -0.2) is 4.99 Å². The van der Waals surface area contributed by atoms with Crippen LogP contribution in [0.1, 0.15) is 32.3 Å². The molecule has 2 N–H and O–H groups in total. The second kappa shape index (κ2) is 10.9. The predicted molar refractivity (Wildman–Crippen MR) is 98.1 cm³/mol. The van der Waals surface area contributed by atoms with Gasteiger partial charge in [-0.2, -0.15) is 11.8 Å². The van der Waals surface area contributed by atoms with E-state index >= 15 is 0 Å². The molecule has 23 heavy (non-hydrogen) atoms. The fraction of sp³-hybridized carbons (Fsp3) is 0.562. The Hall–Kier alpha value is -1.76. The number of guanidine groups is 1. The molecule has 0 aromatic heterocycles. The molecule has 0 bridgehead atoms. The number of benzene rings is 1. The van der Waals surface area contributed by atoms with Gasteiger partial charge in [0.2, 0.25) is 0 Å². The van der Waals surface area contributed by atoms with Crippen molar-refractivity contribution >= 4 is 23.4 Å². The van der Waals surface area contributed by atoms with E-state index in [1.54, 1.807) is 12.1 Å². The first-order valence-electron chi connectivity index (χ1n) is 7.84. The first-order chi connectivity index (χ1) is 11.1. The van der Waals surface area contributed by atoms with Crippen molar-refractivity contribution in [1.82, 2.24) is 10.6 Å². The number of hydrogen-bond donors (Lipinski definition) is 2. The summed E-state index contributed by atoms with van der Waals surface area (Å²) < 4.78 is 0. The number of nitrogens with one attached hydrogen (secondary N) is 2. The van der Waals surface area contributed by atoms with Gasteiger partial charge in [0.25, 0.3) is 5.69 Å². The van der Waals surface area contributed by atoms with E-state index in [1.807, 2.05) is 11.8 Å². The summed E-state index contributed by atoms with van der Waals surface area (Å²) in [4.78, 5) is 14.8. The van der Waals surface area contributed by atoms with E-state index < -0.39 is 4.92 Å². The molecule has 1 aromatic carbocycles. The zero-order valence-corrected chi connectivity index (χ0v) is 14.9. The molecule has 0 aliphatic rings. The molecule has 0 aliphatic heterocycles. The van der Waals surface area contributed by atoms with E-state index in [0.29, 0.717) is 12.6 Å². The van der Waals surface area contributed by atoms with Crippen molar-refractivity contribution < 1.29 is 4.92 Å². The number of aliphatic imine (C=N–C) groups is 1. The van der Waals surface area contributed by atoms with Crippen LogP contribution in [-0.4, -0.2) is 35.5 Å². The van der Waals surface area contributed by atoms with Crippen molar-refractivity contribution in [2.45, 2.75) is 39.3 Å². The van der Waals surface area contributed by atoms with E-state index in [-0.39, 0.29) is 5.69 Å². The highest BCUT2D eigenvalue weighted by molar-refractivity contribution is 7.98. The number of non-ortho nitro benzene ring substituents is 1. The van der Waals surface area contributed by atoms with Gasteiger partial charge < -0.3 is 10.6 Å². The Balaban J connectivity index is 2.63. The van der Waals surface area contributed by atoms with Gasteiger partial charge >= 0.3 is 0 Å². The molecule has 0 aliphatic carbocycles. The van der Waals surface area contributed by atoms with Gasteiger partial charge in [-0.1, -0.05) is 19.1 Å². The molecule has 0 radical (unpaired) electrons. The lowest BCUT2D eigenvalue weighted by Gasteiger charge is -2.17. The minimum absolute atomic E-state index is 0.103. The molecule has 0 fully saturated rings. The van der Waals surface area contributed by atoms with Crippen LogP contribution in [0.15, 0.2) is 29.3 Å².